The molecule has 6 nitrogen and oxygen atoms in total. The minimum atomic E-state index is -0.153. The molecule has 0 bridgehead atoms. The number of carbonyl (C=O) groups excluding carboxylic acids is 2. The quantitative estimate of drug-likeness (QED) is 0.651. The van der Waals surface area contributed by atoms with E-state index >= 15 is 0 Å². The Morgan fingerprint density at radius 2 is 1.95 bits per heavy atom. The molecule has 0 aliphatic heterocycles. The lowest BCUT2D eigenvalue weighted by Gasteiger charge is -2.09. The van der Waals surface area contributed by atoms with Crippen LogP contribution in [-0.2, 0) is 16.1 Å². The van der Waals surface area contributed by atoms with Crippen LogP contribution in [0.3, 0.4) is 0 Å². The van der Waals surface area contributed by atoms with E-state index in [9.17, 15) is 9.59 Å². The van der Waals surface area contributed by atoms with Crippen molar-refractivity contribution in [3.8, 4) is 5.75 Å². The predicted molar refractivity (Wildman–Crippen MR) is 83.6 cm³/mol. The van der Waals surface area contributed by atoms with Gasteiger partial charge in [-0.3, -0.25) is 9.59 Å². The molecule has 0 spiro atoms. The number of carbonyl (C=O) groups is 2. The Kier molecular flexibility index (Phi) is 10.0. The maximum Gasteiger partial charge on any atom is 0.257 e. The molecule has 0 aliphatic carbocycles. The second kappa shape index (κ2) is 10.9. The van der Waals surface area contributed by atoms with E-state index in [1.165, 1.54) is 0 Å². The first-order chi connectivity index (χ1) is 9.65. The fraction of sp³-hybridized carbons (Fsp3) is 0.429. The molecular weight excluding hydrogens is 294 g/mol. The molecule has 0 saturated carbocycles. The van der Waals surface area contributed by atoms with Crippen molar-refractivity contribution in [2.24, 2.45) is 0 Å². The number of amides is 2. The predicted octanol–water partition coefficient (Wildman–Crippen LogP) is 0.459. The summed E-state index contributed by atoms with van der Waals surface area (Å²) in [5, 5.41) is 8.21. The molecule has 1 aromatic rings. The van der Waals surface area contributed by atoms with Crippen molar-refractivity contribution >= 4 is 24.2 Å². The summed E-state index contributed by atoms with van der Waals surface area (Å²) in [6.07, 6.45) is 0. The Hall–Kier alpha value is -1.79. The maximum absolute atomic E-state index is 11.3. The van der Waals surface area contributed by atoms with Gasteiger partial charge in [-0.25, -0.2) is 0 Å². The second-order valence-corrected chi connectivity index (χ2v) is 4.20. The van der Waals surface area contributed by atoms with Crippen molar-refractivity contribution in [2.75, 3.05) is 26.7 Å². The summed E-state index contributed by atoms with van der Waals surface area (Å²) >= 11 is 0. The lowest BCUT2D eigenvalue weighted by Crippen LogP contribution is -2.31. The van der Waals surface area contributed by atoms with Gasteiger partial charge in [-0.05, 0) is 31.7 Å². The maximum atomic E-state index is 11.3. The van der Waals surface area contributed by atoms with Crippen molar-refractivity contribution in [3.63, 3.8) is 0 Å². The van der Waals surface area contributed by atoms with Crippen LogP contribution < -0.4 is 20.7 Å². The Labute approximate surface area is 131 Å². The van der Waals surface area contributed by atoms with E-state index < -0.39 is 0 Å². The van der Waals surface area contributed by atoms with E-state index in [0.29, 0.717) is 18.8 Å². The molecule has 0 radical (unpaired) electrons. The van der Waals surface area contributed by atoms with E-state index in [1.807, 2.05) is 19.1 Å². The summed E-state index contributed by atoms with van der Waals surface area (Å²) in [5.74, 6) is 0.387. The van der Waals surface area contributed by atoms with Crippen molar-refractivity contribution < 1.29 is 14.3 Å². The van der Waals surface area contributed by atoms with Crippen LogP contribution in [0, 0.1) is 0 Å². The van der Waals surface area contributed by atoms with E-state index in [-0.39, 0.29) is 37.4 Å². The van der Waals surface area contributed by atoms with Crippen LogP contribution in [0.4, 0.5) is 0 Å². The molecule has 0 saturated heterocycles. The zero-order chi connectivity index (χ0) is 14.8. The Bertz CT molecular complexity index is 418. The van der Waals surface area contributed by atoms with Crippen LogP contribution >= 0.6 is 12.4 Å². The van der Waals surface area contributed by atoms with Gasteiger partial charge in [-0.1, -0.05) is 12.1 Å². The van der Waals surface area contributed by atoms with Crippen molar-refractivity contribution in [1.29, 1.82) is 0 Å². The van der Waals surface area contributed by atoms with Gasteiger partial charge >= 0.3 is 0 Å². The summed E-state index contributed by atoms with van der Waals surface area (Å²) in [6.45, 7) is 3.14. The number of hydrogen-bond donors (Lipinski definition) is 3. The van der Waals surface area contributed by atoms with Gasteiger partial charge in [0.1, 0.15) is 5.75 Å². The zero-order valence-electron chi connectivity index (χ0n) is 12.3. The first-order valence-corrected chi connectivity index (χ1v) is 6.55. The molecule has 0 atom stereocenters. The van der Waals surface area contributed by atoms with Crippen LogP contribution in [-0.4, -0.2) is 38.6 Å². The minimum Gasteiger partial charge on any atom is -0.484 e. The topological polar surface area (TPSA) is 79.5 Å². The number of hydrogen-bond acceptors (Lipinski definition) is 4. The fourth-order valence-electron chi connectivity index (χ4n) is 1.57. The fourth-order valence-corrected chi connectivity index (χ4v) is 1.57. The monoisotopic (exact) mass is 315 g/mol. The van der Waals surface area contributed by atoms with E-state index in [2.05, 4.69) is 16.0 Å². The van der Waals surface area contributed by atoms with Crippen LogP contribution in [0.5, 0.6) is 5.75 Å². The summed E-state index contributed by atoms with van der Waals surface area (Å²) in [4.78, 5) is 22.6. The average Bonchev–Trinajstić information content (AvgIpc) is 2.44. The molecule has 0 fully saturated rings. The number of rotatable bonds is 8. The van der Waals surface area contributed by atoms with Gasteiger partial charge in [0.2, 0.25) is 5.91 Å². The van der Waals surface area contributed by atoms with Gasteiger partial charge in [0.15, 0.2) is 6.61 Å². The highest BCUT2D eigenvalue weighted by atomic mass is 35.5. The molecule has 0 aromatic heterocycles. The van der Waals surface area contributed by atoms with Gasteiger partial charge in [0.25, 0.3) is 5.91 Å². The van der Waals surface area contributed by atoms with Gasteiger partial charge in [-0.2, -0.15) is 0 Å². The first kappa shape index (κ1) is 19.2. The first-order valence-electron chi connectivity index (χ1n) is 6.55. The Morgan fingerprint density at radius 3 is 2.62 bits per heavy atom. The molecule has 118 valence electrons. The largest absolute Gasteiger partial charge is 0.484 e. The average molecular weight is 316 g/mol. The highest BCUT2D eigenvalue weighted by molar-refractivity contribution is 5.85. The Morgan fingerprint density at radius 1 is 1.19 bits per heavy atom. The summed E-state index contributed by atoms with van der Waals surface area (Å²) in [6, 6.07) is 7.29. The van der Waals surface area contributed by atoms with Crippen LogP contribution in [0.1, 0.15) is 12.5 Å². The van der Waals surface area contributed by atoms with Gasteiger partial charge < -0.3 is 20.7 Å². The van der Waals surface area contributed by atoms with Gasteiger partial charge in [0.05, 0.1) is 6.54 Å². The molecule has 7 heteroatoms. The minimum absolute atomic E-state index is 0. The molecule has 21 heavy (non-hydrogen) atoms. The molecule has 0 heterocycles. The molecule has 2 amide bonds. The number of likely N-dealkylation sites (N-methyl/N-ethyl adjacent to an activating group) is 2. The SMILES string of the molecule is CCNC(=O)COc1cccc(CNC(=O)CNC)c1.Cl. The number of halogens is 1. The van der Waals surface area contributed by atoms with Crippen molar-refractivity contribution in [1.82, 2.24) is 16.0 Å². The van der Waals surface area contributed by atoms with Crippen molar-refractivity contribution in [3.05, 3.63) is 29.8 Å². The summed E-state index contributed by atoms with van der Waals surface area (Å²) in [7, 11) is 1.72. The lowest BCUT2D eigenvalue weighted by atomic mass is 10.2. The number of nitrogens with one attached hydrogen (secondary N) is 3. The van der Waals surface area contributed by atoms with Crippen LogP contribution in [0.15, 0.2) is 24.3 Å². The normalized spacial score (nSPS) is 9.43. The molecule has 1 rings (SSSR count). The molecular formula is C14H22ClN3O3. The van der Waals surface area contributed by atoms with E-state index in [4.69, 9.17) is 4.74 Å². The molecule has 1 aromatic carbocycles. The third kappa shape index (κ3) is 8.16. The van der Waals surface area contributed by atoms with E-state index in [1.54, 1.807) is 19.2 Å². The standard InChI is InChI=1S/C14H21N3O3.ClH/c1-3-16-14(19)10-20-12-6-4-5-11(7-12)8-17-13(18)9-15-2;/h4-7,15H,3,8-10H2,1-2H3,(H,16,19)(H,17,18);1H. The number of ether oxygens (including phenoxy) is 1. The van der Waals surface area contributed by atoms with Crippen LogP contribution in [0.25, 0.3) is 0 Å². The Balaban J connectivity index is 0.00000400. The third-order valence-electron chi connectivity index (χ3n) is 2.47. The zero-order valence-corrected chi connectivity index (χ0v) is 13.1. The smallest absolute Gasteiger partial charge is 0.257 e. The lowest BCUT2D eigenvalue weighted by molar-refractivity contribution is -0.123. The molecule has 0 unspecified atom stereocenters. The van der Waals surface area contributed by atoms with Crippen LogP contribution in [0.2, 0.25) is 0 Å². The highest BCUT2D eigenvalue weighted by Gasteiger charge is 2.03. The highest BCUT2D eigenvalue weighted by Crippen LogP contribution is 2.13. The van der Waals surface area contributed by atoms with Gasteiger partial charge in [-0.15, -0.1) is 12.4 Å². The van der Waals surface area contributed by atoms with E-state index in [0.717, 1.165) is 5.56 Å². The molecule has 3 N–H and O–H groups in total. The summed E-state index contributed by atoms with van der Waals surface area (Å²) < 4.78 is 5.38. The van der Waals surface area contributed by atoms with Crippen molar-refractivity contribution in [2.45, 2.75) is 13.5 Å². The van der Waals surface area contributed by atoms with Gasteiger partial charge in [0, 0.05) is 13.1 Å². The molecule has 0 aliphatic rings. The third-order valence-corrected chi connectivity index (χ3v) is 2.47. The number of benzene rings is 1. The second-order valence-electron chi connectivity index (χ2n) is 4.20. The summed E-state index contributed by atoms with van der Waals surface area (Å²) in [5.41, 5.74) is 0.919.